The molecule has 2 N–H and O–H groups in total. The molecule has 0 aliphatic rings. The first-order valence-corrected chi connectivity index (χ1v) is 4.78. The van der Waals surface area contributed by atoms with Crippen LogP contribution in [0.2, 0.25) is 0 Å². The number of carboxylic acids is 1. The third-order valence-corrected chi connectivity index (χ3v) is 2.13. The number of hydrogen-bond donors (Lipinski definition) is 2. The highest BCUT2D eigenvalue weighted by Crippen LogP contribution is 2.13. The molecule has 1 heterocycles. The Hall–Kier alpha value is -1.85. The van der Waals surface area contributed by atoms with E-state index < -0.39 is 17.3 Å². The monoisotopic (exact) mass is 226 g/mol. The Bertz CT molecular complexity index is 409. The highest BCUT2D eigenvalue weighted by atomic mass is 16.5. The number of nitrogens with one attached hydrogen (secondary N) is 1. The smallest absolute Gasteiger partial charge is 0.310 e. The number of aryl methyl sites for hydroxylation is 1. The van der Waals surface area contributed by atoms with Crippen LogP contribution in [0, 0.1) is 12.3 Å². The van der Waals surface area contributed by atoms with Gasteiger partial charge in [-0.2, -0.15) is 0 Å². The van der Waals surface area contributed by atoms with Gasteiger partial charge in [0.25, 0.3) is 5.91 Å². The zero-order chi connectivity index (χ0) is 12.3. The van der Waals surface area contributed by atoms with Gasteiger partial charge in [0.05, 0.1) is 5.41 Å². The Morgan fingerprint density at radius 3 is 2.62 bits per heavy atom. The van der Waals surface area contributed by atoms with Crippen molar-refractivity contribution in [3.8, 4) is 0 Å². The Kier molecular flexibility index (Phi) is 3.31. The van der Waals surface area contributed by atoms with Gasteiger partial charge in [0.2, 0.25) is 0 Å². The van der Waals surface area contributed by atoms with Crippen molar-refractivity contribution in [1.29, 1.82) is 0 Å². The largest absolute Gasteiger partial charge is 0.481 e. The van der Waals surface area contributed by atoms with Crippen molar-refractivity contribution < 1.29 is 19.2 Å². The van der Waals surface area contributed by atoms with E-state index in [0.29, 0.717) is 5.76 Å². The normalized spacial score (nSPS) is 11.2. The number of rotatable bonds is 4. The molecule has 0 saturated carbocycles. The van der Waals surface area contributed by atoms with Gasteiger partial charge in [-0.3, -0.25) is 9.59 Å². The van der Waals surface area contributed by atoms with Crippen molar-refractivity contribution in [2.45, 2.75) is 20.8 Å². The van der Waals surface area contributed by atoms with Crippen LogP contribution in [0.3, 0.4) is 0 Å². The summed E-state index contributed by atoms with van der Waals surface area (Å²) in [5, 5.41) is 14.9. The Labute approximate surface area is 92.6 Å². The van der Waals surface area contributed by atoms with Crippen LogP contribution in [0.5, 0.6) is 0 Å². The van der Waals surface area contributed by atoms with Crippen LogP contribution in [0.15, 0.2) is 10.6 Å². The van der Waals surface area contributed by atoms with E-state index in [1.54, 1.807) is 6.92 Å². The number of amides is 1. The van der Waals surface area contributed by atoms with Crippen LogP contribution < -0.4 is 5.32 Å². The molecule has 1 aromatic heterocycles. The van der Waals surface area contributed by atoms with Crippen molar-refractivity contribution in [3.05, 3.63) is 17.5 Å². The summed E-state index contributed by atoms with van der Waals surface area (Å²) in [6.07, 6.45) is 0. The highest BCUT2D eigenvalue weighted by molar-refractivity contribution is 5.92. The Morgan fingerprint density at radius 1 is 1.56 bits per heavy atom. The average molecular weight is 226 g/mol. The third kappa shape index (κ3) is 2.82. The van der Waals surface area contributed by atoms with Crippen LogP contribution in [0.25, 0.3) is 0 Å². The first-order chi connectivity index (χ1) is 7.33. The van der Waals surface area contributed by atoms with E-state index in [1.165, 1.54) is 19.9 Å². The van der Waals surface area contributed by atoms with E-state index in [2.05, 4.69) is 10.5 Å². The second-order valence-corrected chi connectivity index (χ2v) is 4.19. The minimum atomic E-state index is -1.01. The summed E-state index contributed by atoms with van der Waals surface area (Å²) in [5.74, 6) is -0.877. The van der Waals surface area contributed by atoms with E-state index in [-0.39, 0.29) is 12.2 Å². The summed E-state index contributed by atoms with van der Waals surface area (Å²) in [7, 11) is 0. The van der Waals surface area contributed by atoms with Crippen LogP contribution in [0.4, 0.5) is 0 Å². The second-order valence-electron chi connectivity index (χ2n) is 4.19. The van der Waals surface area contributed by atoms with Crippen molar-refractivity contribution in [2.24, 2.45) is 5.41 Å². The summed E-state index contributed by atoms with van der Waals surface area (Å²) in [4.78, 5) is 22.3. The maximum Gasteiger partial charge on any atom is 0.310 e. The fraction of sp³-hybridized carbons (Fsp3) is 0.500. The molecule has 6 heteroatoms. The molecule has 0 radical (unpaired) electrons. The van der Waals surface area contributed by atoms with Crippen molar-refractivity contribution in [2.75, 3.05) is 6.54 Å². The van der Waals surface area contributed by atoms with E-state index >= 15 is 0 Å². The number of aromatic nitrogens is 1. The van der Waals surface area contributed by atoms with Crippen LogP contribution in [-0.4, -0.2) is 28.7 Å². The number of nitrogens with zero attached hydrogens (tertiary/aromatic N) is 1. The highest BCUT2D eigenvalue weighted by Gasteiger charge is 2.28. The zero-order valence-electron chi connectivity index (χ0n) is 9.40. The number of carbonyl (C=O) groups is 2. The molecule has 0 aliphatic carbocycles. The Balaban J connectivity index is 2.57. The number of carbonyl (C=O) groups excluding carboxylic acids is 1. The van der Waals surface area contributed by atoms with Gasteiger partial charge in [-0.15, -0.1) is 0 Å². The molecular formula is C10H14N2O4. The molecule has 0 spiro atoms. The first kappa shape index (κ1) is 12.2. The molecule has 1 rings (SSSR count). The molecule has 88 valence electrons. The molecule has 0 bridgehead atoms. The average Bonchev–Trinajstić information content (AvgIpc) is 2.61. The summed E-state index contributed by atoms with van der Waals surface area (Å²) >= 11 is 0. The second kappa shape index (κ2) is 4.34. The summed E-state index contributed by atoms with van der Waals surface area (Å²) < 4.78 is 4.74. The van der Waals surface area contributed by atoms with Crippen LogP contribution in [0.1, 0.15) is 30.1 Å². The maximum atomic E-state index is 11.5. The minimum Gasteiger partial charge on any atom is -0.481 e. The number of hydrogen-bond acceptors (Lipinski definition) is 4. The third-order valence-electron chi connectivity index (χ3n) is 2.13. The fourth-order valence-corrected chi connectivity index (χ4v) is 0.941. The molecule has 1 amide bonds. The lowest BCUT2D eigenvalue weighted by molar-refractivity contribution is -0.146. The van der Waals surface area contributed by atoms with E-state index in [0.717, 1.165) is 0 Å². The van der Waals surface area contributed by atoms with Crippen molar-refractivity contribution in [1.82, 2.24) is 10.5 Å². The molecule has 0 aromatic carbocycles. The predicted octanol–water partition coefficient (Wildman–Crippen LogP) is 0.824. The zero-order valence-corrected chi connectivity index (χ0v) is 9.40. The molecule has 6 nitrogen and oxygen atoms in total. The summed E-state index contributed by atoms with van der Waals surface area (Å²) in [6, 6.07) is 1.49. The Morgan fingerprint density at radius 2 is 2.19 bits per heavy atom. The van der Waals surface area contributed by atoms with E-state index in [9.17, 15) is 9.59 Å². The predicted molar refractivity (Wildman–Crippen MR) is 55.0 cm³/mol. The van der Waals surface area contributed by atoms with Gasteiger partial charge < -0.3 is 14.9 Å². The van der Waals surface area contributed by atoms with E-state index in [4.69, 9.17) is 9.63 Å². The molecule has 0 saturated heterocycles. The lowest BCUT2D eigenvalue weighted by atomic mass is 9.94. The van der Waals surface area contributed by atoms with Gasteiger partial charge in [0.15, 0.2) is 5.69 Å². The molecule has 0 atom stereocenters. The minimum absolute atomic E-state index is 0.0348. The maximum absolute atomic E-state index is 11.5. The van der Waals surface area contributed by atoms with Gasteiger partial charge >= 0.3 is 5.97 Å². The van der Waals surface area contributed by atoms with Gasteiger partial charge in [-0.1, -0.05) is 5.16 Å². The quantitative estimate of drug-likeness (QED) is 0.793. The summed E-state index contributed by atoms with van der Waals surface area (Å²) in [5.41, 5.74) is -0.854. The van der Waals surface area contributed by atoms with Gasteiger partial charge in [0, 0.05) is 12.6 Å². The lowest BCUT2D eigenvalue weighted by Crippen LogP contribution is -2.39. The number of carboxylic acid groups (broad SMARTS) is 1. The van der Waals surface area contributed by atoms with Gasteiger partial charge in [0.1, 0.15) is 5.76 Å². The number of aliphatic carboxylic acids is 1. The van der Waals surface area contributed by atoms with Gasteiger partial charge in [-0.25, -0.2) is 0 Å². The first-order valence-electron chi connectivity index (χ1n) is 4.78. The fourth-order valence-electron chi connectivity index (χ4n) is 0.941. The topological polar surface area (TPSA) is 92.4 Å². The molecule has 0 aliphatic heterocycles. The lowest BCUT2D eigenvalue weighted by Gasteiger charge is -2.18. The standard InChI is InChI=1S/C10H14N2O4/c1-6-4-7(12-16-6)8(13)11-5-10(2,3)9(14)15/h4H,5H2,1-3H3,(H,11,13)(H,14,15). The van der Waals surface area contributed by atoms with Crippen molar-refractivity contribution >= 4 is 11.9 Å². The molecule has 0 fully saturated rings. The molecular weight excluding hydrogens is 212 g/mol. The SMILES string of the molecule is Cc1cc(C(=O)NCC(C)(C)C(=O)O)no1. The molecule has 1 aromatic rings. The van der Waals surface area contributed by atoms with Crippen molar-refractivity contribution in [3.63, 3.8) is 0 Å². The summed E-state index contributed by atoms with van der Waals surface area (Å²) in [6.45, 7) is 4.77. The molecule has 16 heavy (non-hydrogen) atoms. The molecule has 0 unspecified atom stereocenters. The van der Waals surface area contributed by atoms with Crippen LogP contribution in [-0.2, 0) is 4.79 Å². The van der Waals surface area contributed by atoms with E-state index in [1.807, 2.05) is 0 Å². The van der Waals surface area contributed by atoms with Gasteiger partial charge in [-0.05, 0) is 20.8 Å². The van der Waals surface area contributed by atoms with Crippen LogP contribution >= 0.6 is 0 Å².